The molecule has 2 heterocycles. The van der Waals surface area contributed by atoms with Gasteiger partial charge in [0.05, 0.1) is 23.1 Å². The van der Waals surface area contributed by atoms with Crippen LogP contribution in [0.3, 0.4) is 0 Å². The summed E-state index contributed by atoms with van der Waals surface area (Å²) in [6.07, 6.45) is 1.18. The molecule has 2 atom stereocenters. The maximum Gasteiger partial charge on any atom is 0.363 e. The molecule has 42 heavy (non-hydrogen) atoms. The summed E-state index contributed by atoms with van der Waals surface area (Å²) < 4.78 is 15.6. The van der Waals surface area contributed by atoms with Crippen molar-refractivity contribution in [3.05, 3.63) is 124 Å². The van der Waals surface area contributed by atoms with Gasteiger partial charge in [-0.25, -0.2) is 14.4 Å². The fraction of sp³-hybridized carbons (Fsp3) is 0.129. The first-order valence-electron chi connectivity index (χ1n) is 12.7. The lowest BCUT2D eigenvalue weighted by Crippen LogP contribution is -2.70. The Balaban J connectivity index is 1.42. The van der Waals surface area contributed by atoms with Gasteiger partial charge in [0.1, 0.15) is 29.1 Å². The molecule has 212 valence electrons. The summed E-state index contributed by atoms with van der Waals surface area (Å²) in [5, 5.41) is 1.94. The molecule has 1 unspecified atom stereocenters. The predicted octanol–water partition coefficient (Wildman–Crippen LogP) is 4.06. The molecule has 1 saturated heterocycles. The molecule has 0 bridgehead atoms. The monoisotopic (exact) mass is 584 g/mol. The first-order chi connectivity index (χ1) is 20.3. The highest BCUT2D eigenvalue weighted by molar-refractivity contribution is 8.04. The van der Waals surface area contributed by atoms with Crippen LogP contribution in [0, 0.1) is 0 Å². The van der Waals surface area contributed by atoms with E-state index in [1.807, 2.05) is 0 Å². The van der Waals surface area contributed by atoms with Crippen LogP contribution >= 0.6 is 11.8 Å². The first kappa shape index (κ1) is 28.4. The maximum absolute atomic E-state index is 13.4. The second-order valence-corrected chi connectivity index (χ2v) is 10.3. The number of esters is 3. The van der Waals surface area contributed by atoms with Crippen LogP contribution in [-0.4, -0.2) is 53.1 Å². The number of carbonyl (C=O) groups is 5. The van der Waals surface area contributed by atoms with E-state index in [2.05, 4.69) is 5.32 Å². The van der Waals surface area contributed by atoms with E-state index in [1.165, 1.54) is 30.4 Å². The molecule has 10 nitrogen and oxygen atoms in total. The number of hydrogen-bond acceptors (Lipinski definition) is 9. The van der Waals surface area contributed by atoms with Crippen LogP contribution in [0.5, 0.6) is 5.75 Å². The molecule has 3 aromatic rings. The van der Waals surface area contributed by atoms with Crippen LogP contribution in [0.4, 0.5) is 0 Å². The average molecular weight is 585 g/mol. The highest BCUT2D eigenvalue weighted by atomic mass is 32.2. The standard InChI is InChI=1S/C31H24N2O8S/c1-18-23(17-40-29(36)20-11-7-4-8-12-20)42-28-24(32-26(34)19-9-5-3-6-10-19)27(35)33(28)25(18)31(38)41-30(37)21-13-15-22(39-2)16-14-21/h3-17,24,28H,1-2H3,(H,32,34)/b23-17-/t24?,28-/m1/s1. The molecule has 0 aliphatic carbocycles. The second-order valence-electron chi connectivity index (χ2n) is 9.17. The van der Waals surface area contributed by atoms with Crippen LogP contribution in [0.25, 0.3) is 0 Å². The van der Waals surface area contributed by atoms with Crippen LogP contribution < -0.4 is 10.1 Å². The van der Waals surface area contributed by atoms with Crippen molar-refractivity contribution < 1.29 is 38.2 Å². The lowest BCUT2D eigenvalue weighted by Gasteiger charge is -2.49. The molecule has 5 rings (SSSR count). The van der Waals surface area contributed by atoms with Gasteiger partial charge in [-0.05, 0) is 61.0 Å². The maximum atomic E-state index is 13.4. The molecule has 0 radical (unpaired) electrons. The van der Waals surface area contributed by atoms with E-state index in [9.17, 15) is 24.0 Å². The predicted molar refractivity (Wildman–Crippen MR) is 152 cm³/mol. The fourth-order valence-corrected chi connectivity index (χ4v) is 5.59. The Kier molecular flexibility index (Phi) is 8.21. The van der Waals surface area contributed by atoms with Gasteiger partial charge in [-0.1, -0.05) is 48.2 Å². The normalized spacial score (nSPS) is 18.5. The van der Waals surface area contributed by atoms with Crippen molar-refractivity contribution in [3.63, 3.8) is 0 Å². The minimum Gasteiger partial charge on any atom is -0.497 e. The molecule has 2 amide bonds. The van der Waals surface area contributed by atoms with Crippen molar-refractivity contribution in [2.24, 2.45) is 0 Å². The smallest absolute Gasteiger partial charge is 0.363 e. The van der Waals surface area contributed by atoms with Crippen molar-refractivity contribution >= 4 is 41.5 Å². The molecular weight excluding hydrogens is 560 g/mol. The van der Waals surface area contributed by atoms with E-state index in [1.54, 1.807) is 79.7 Å². The van der Waals surface area contributed by atoms with E-state index in [4.69, 9.17) is 14.2 Å². The Morgan fingerprint density at radius 2 is 1.40 bits per heavy atom. The van der Waals surface area contributed by atoms with Crippen molar-refractivity contribution in [2.45, 2.75) is 18.3 Å². The second kappa shape index (κ2) is 12.1. The molecule has 2 aliphatic rings. The zero-order valence-corrected chi connectivity index (χ0v) is 23.3. The van der Waals surface area contributed by atoms with E-state index < -0.39 is 41.1 Å². The Morgan fingerprint density at radius 1 is 0.810 bits per heavy atom. The summed E-state index contributed by atoms with van der Waals surface area (Å²) in [5.41, 5.74) is 0.826. The topological polar surface area (TPSA) is 128 Å². The third-order valence-corrected chi connectivity index (χ3v) is 7.95. The number of allylic oxidation sites excluding steroid dienone is 1. The number of nitrogens with one attached hydrogen (secondary N) is 1. The highest BCUT2D eigenvalue weighted by Gasteiger charge is 2.55. The van der Waals surface area contributed by atoms with Gasteiger partial charge in [-0.3, -0.25) is 14.5 Å². The number of nitrogens with zero attached hydrogens (tertiary/aromatic N) is 1. The minimum absolute atomic E-state index is 0.0969. The Labute approximate surface area is 244 Å². The SMILES string of the molecule is COc1ccc(C(=O)OC(=O)C2=C(C)/C(=C/OC(=O)c3ccccc3)S[C@@H]3C(NC(=O)c4ccccc4)C(=O)N23)cc1. The number of thioether (sulfide) groups is 1. The van der Waals surface area contributed by atoms with Crippen LogP contribution in [0.2, 0.25) is 0 Å². The number of fused-ring (bicyclic) bond motifs is 1. The molecule has 0 aromatic heterocycles. The molecule has 11 heteroatoms. The summed E-state index contributed by atoms with van der Waals surface area (Å²) in [6, 6.07) is 21.7. The van der Waals surface area contributed by atoms with Gasteiger partial charge in [0.15, 0.2) is 0 Å². The summed E-state index contributed by atoms with van der Waals surface area (Å²) in [5.74, 6) is -3.14. The van der Waals surface area contributed by atoms with Crippen LogP contribution in [-0.2, 0) is 19.1 Å². The van der Waals surface area contributed by atoms with E-state index in [0.29, 0.717) is 21.8 Å². The van der Waals surface area contributed by atoms with Crippen molar-refractivity contribution in [2.75, 3.05) is 7.11 Å². The van der Waals surface area contributed by atoms with Gasteiger partial charge in [-0.15, -0.1) is 0 Å². The third kappa shape index (κ3) is 5.68. The Bertz CT molecular complexity index is 1620. The van der Waals surface area contributed by atoms with Gasteiger partial charge in [0.25, 0.3) is 11.8 Å². The number of methoxy groups -OCH3 is 1. The number of rotatable bonds is 7. The summed E-state index contributed by atoms with van der Waals surface area (Å²) in [7, 11) is 1.48. The van der Waals surface area contributed by atoms with Crippen LogP contribution in [0.1, 0.15) is 38.0 Å². The molecular formula is C31H24N2O8S. The van der Waals surface area contributed by atoms with Crippen molar-refractivity contribution in [1.29, 1.82) is 0 Å². The Morgan fingerprint density at radius 3 is 2.02 bits per heavy atom. The summed E-state index contributed by atoms with van der Waals surface area (Å²) >= 11 is 1.13. The van der Waals surface area contributed by atoms with Gasteiger partial charge in [0.2, 0.25) is 0 Å². The zero-order chi connectivity index (χ0) is 29.8. The quantitative estimate of drug-likeness (QED) is 0.189. The van der Waals surface area contributed by atoms with Gasteiger partial charge < -0.3 is 19.5 Å². The van der Waals surface area contributed by atoms with Crippen LogP contribution in [0.15, 0.2) is 107 Å². The number of hydrogen-bond donors (Lipinski definition) is 1. The first-order valence-corrected chi connectivity index (χ1v) is 13.6. The molecule has 1 fully saturated rings. The average Bonchev–Trinajstić information content (AvgIpc) is 3.03. The number of benzene rings is 3. The minimum atomic E-state index is -1.07. The third-order valence-electron chi connectivity index (χ3n) is 6.57. The van der Waals surface area contributed by atoms with E-state index in [-0.39, 0.29) is 16.8 Å². The number of carbonyl (C=O) groups excluding carboxylic acids is 5. The highest BCUT2D eigenvalue weighted by Crippen LogP contribution is 2.46. The summed E-state index contributed by atoms with van der Waals surface area (Å²) in [6.45, 7) is 1.54. The van der Waals surface area contributed by atoms with Crippen molar-refractivity contribution in [1.82, 2.24) is 10.2 Å². The molecule has 0 spiro atoms. The number of β-lactam (4-membered cyclic amide) rings is 1. The van der Waals surface area contributed by atoms with E-state index >= 15 is 0 Å². The zero-order valence-electron chi connectivity index (χ0n) is 22.4. The number of amides is 2. The van der Waals surface area contributed by atoms with E-state index in [0.717, 1.165) is 11.8 Å². The van der Waals surface area contributed by atoms with Crippen molar-refractivity contribution in [3.8, 4) is 5.75 Å². The molecule has 2 aliphatic heterocycles. The fourth-order valence-electron chi connectivity index (χ4n) is 4.32. The Hall–Kier alpha value is -5.16. The lowest BCUT2D eigenvalue weighted by atomic mass is 10.0. The molecule has 1 N–H and O–H groups in total. The van der Waals surface area contributed by atoms with Gasteiger partial charge in [0, 0.05) is 5.56 Å². The lowest BCUT2D eigenvalue weighted by molar-refractivity contribution is -0.149. The number of ether oxygens (including phenoxy) is 3. The van der Waals surface area contributed by atoms with Gasteiger partial charge in [-0.2, -0.15) is 0 Å². The largest absolute Gasteiger partial charge is 0.497 e. The molecule has 0 saturated carbocycles. The molecule has 3 aromatic carbocycles. The summed E-state index contributed by atoms with van der Waals surface area (Å²) in [4.78, 5) is 66.3. The van der Waals surface area contributed by atoms with Gasteiger partial charge >= 0.3 is 17.9 Å².